The lowest BCUT2D eigenvalue weighted by Crippen LogP contribution is -2.26. The molecule has 0 aromatic heterocycles. The van der Waals surface area contributed by atoms with Gasteiger partial charge in [0, 0.05) is 18.2 Å². The van der Waals surface area contributed by atoms with Crippen LogP contribution in [0.25, 0.3) is 0 Å². The topological polar surface area (TPSA) is 49.7 Å². The van der Waals surface area contributed by atoms with E-state index in [0.717, 1.165) is 11.1 Å². The molecule has 4 nitrogen and oxygen atoms in total. The molecule has 0 bridgehead atoms. The summed E-state index contributed by atoms with van der Waals surface area (Å²) in [4.78, 5) is 23.2. The molecule has 0 spiro atoms. The Labute approximate surface area is 134 Å². The van der Waals surface area contributed by atoms with E-state index >= 15 is 0 Å². The van der Waals surface area contributed by atoms with Crippen LogP contribution in [0.4, 0.5) is 0 Å². The Balaban J connectivity index is 1.92. The van der Waals surface area contributed by atoms with Crippen molar-refractivity contribution in [3.63, 3.8) is 0 Å². The van der Waals surface area contributed by atoms with Gasteiger partial charge in [0.1, 0.15) is 6.29 Å². The van der Waals surface area contributed by atoms with E-state index in [1.807, 2.05) is 54.6 Å². The number of fused-ring (bicyclic) bond motifs is 1. The van der Waals surface area contributed by atoms with Crippen molar-refractivity contribution in [3.05, 3.63) is 83.6 Å². The number of rotatable bonds is 5. The van der Waals surface area contributed by atoms with Crippen molar-refractivity contribution in [2.75, 3.05) is 0 Å². The van der Waals surface area contributed by atoms with E-state index in [1.54, 1.807) is 17.4 Å². The van der Waals surface area contributed by atoms with E-state index in [1.165, 1.54) is 6.08 Å². The van der Waals surface area contributed by atoms with Gasteiger partial charge in [-0.25, -0.2) is 0 Å². The smallest absolute Gasteiger partial charge is 0.165 e. The molecule has 1 heterocycles. The maximum Gasteiger partial charge on any atom is 0.165 e. The van der Waals surface area contributed by atoms with Crippen LogP contribution in [0, 0.1) is 0 Å². The number of allylic oxidation sites excluding steroid dienone is 1. The molecule has 0 amide bonds. The molecule has 0 radical (unpaired) electrons. The predicted molar refractivity (Wildman–Crippen MR) is 89.2 cm³/mol. The Morgan fingerprint density at radius 3 is 2.61 bits per heavy atom. The van der Waals surface area contributed by atoms with Gasteiger partial charge in [0.25, 0.3) is 0 Å². The number of carbonyl (C=O) groups excluding carboxylic acids is 2. The van der Waals surface area contributed by atoms with E-state index < -0.39 is 0 Å². The second kappa shape index (κ2) is 6.83. The van der Waals surface area contributed by atoms with Crippen molar-refractivity contribution >= 4 is 18.3 Å². The third-order valence-corrected chi connectivity index (χ3v) is 3.80. The Bertz CT molecular complexity index is 766. The van der Waals surface area contributed by atoms with Gasteiger partial charge < -0.3 is 0 Å². The molecule has 0 saturated carbocycles. The predicted octanol–water partition coefficient (Wildman–Crippen LogP) is 3.36. The van der Waals surface area contributed by atoms with Crippen LogP contribution < -0.4 is 0 Å². The van der Waals surface area contributed by atoms with Gasteiger partial charge in [-0.3, -0.25) is 14.6 Å². The number of hydrogen-bond donors (Lipinski definition) is 0. The Kier molecular flexibility index (Phi) is 4.43. The molecule has 1 aliphatic rings. The minimum absolute atomic E-state index is 0.0482. The number of nitrogens with zero attached hydrogens (tertiary/aromatic N) is 2. The molecule has 0 saturated heterocycles. The van der Waals surface area contributed by atoms with E-state index in [0.29, 0.717) is 18.3 Å². The van der Waals surface area contributed by atoms with Gasteiger partial charge in [-0.2, -0.15) is 5.10 Å². The minimum Gasteiger partial charge on any atom is -0.299 e. The largest absolute Gasteiger partial charge is 0.299 e. The summed E-state index contributed by atoms with van der Waals surface area (Å²) < 4.78 is 0. The normalized spacial score (nSPS) is 16.3. The van der Waals surface area contributed by atoms with Crippen LogP contribution in [-0.2, 0) is 4.79 Å². The minimum atomic E-state index is -0.222. The quantitative estimate of drug-likeness (QED) is 0.483. The Morgan fingerprint density at radius 2 is 1.83 bits per heavy atom. The molecule has 114 valence electrons. The first-order valence-corrected chi connectivity index (χ1v) is 7.41. The highest BCUT2D eigenvalue weighted by Gasteiger charge is 2.26. The van der Waals surface area contributed by atoms with Gasteiger partial charge in [-0.15, -0.1) is 0 Å². The van der Waals surface area contributed by atoms with E-state index in [-0.39, 0.29) is 11.8 Å². The number of Topliss-reactive ketones (excluding diaryl/α,β-unsaturated/α-hetero) is 1. The molecule has 3 rings (SSSR count). The van der Waals surface area contributed by atoms with Crippen LogP contribution >= 0.6 is 0 Å². The molecule has 4 heteroatoms. The van der Waals surface area contributed by atoms with Crippen LogP contribution in [0.15, 0.2) is 72.0 Å². The second-order valence-corrected chi connectivity index (χ2v) is 5.24. The summed E-state index contributed by atoms with van der Waals surface area (Å²) in [5.74, 6) is 0.0482. The van der Waals surface area contributed by atoms with Crippen LogP contribution in [0.1, 0.15) is 33.9 Å². The van der Waals surface area contributed by atoms with E-state index in [4.69, 9.17) is 0 Å². The van der Waals surface area contributed by atoms with Crippen LogP contribution in [-0.4, -0.2) is 23.3 Å². The van der Waals surface area contributed by atoms with E-state index in [9.17, 15) is 9.59 Å². The Hall–Kier alpha value is -3.01. The zero-order valence-electron chi connectivity index (χ0n) is 12.5. The first kappa shape index (κ1) is 14.9. The summed E-state index contributed by atoms with van der Waals surface area (Å²) in [6, 6.07) is 16.8. The second-order valence-electron chi connectivity index (χ2n) is 5.24. The number of ketones is 1. The summed E-state index contributed by atoms with van der Waals surface area (Å²) >= 11 is 0. The van der Waals surface area contributed by atoms with Gasteiger partial charge >= 0.3 is 0 Å². The van der Waals surface area contributed by atoms with Gasteiger partial charge in [0.05, 0.1) is 12.3 Å². The van der Waals surface area contributed by atoms with Crippen molar-refractivity contribution in [2.45, 2.75) is 12.5 Å². The van der Waals surface area contributed by atoms with Gasteiger partial charge in [0.2, 0.25) is 0 Å². The fraction of sp³-hybridized carbons (Fsp3) is 0.105. The summed E-state index contributed by atoms with van der Waals surface area (Å²) in [6.45, 7) is 0. The van der Waals surface area contributed by atoms with Crippen LogP contribution in [0.3, 0.4) is 0 Å². The number of carbonyl (C=O) groups is 2. The number of benzene rings is 2. The van der Waals surface area contributed by atoms with Crippen molar-refractivity contribution < 1.29 is 9.59 Å². The summed E-state index contributed by atoms with van der Waals surface area (Å²) in [6.07, 6.45) is 5.72. The first-order valence-electron chi connectivity index (χ1n) is 7.41. The maximum atomic E-state index is 12.6. The van der Waals surface area contributed by atoms with Crippen molar-refractivity contribution in [1.29, 1.82) is 0 Å². The zero-order chi connectivity index (χ0) is 16.1. The lowest BCUT2D eigenvalue weighted by Gasteiger charge is -2.30. The fourth-order valence-electron chi connectivity index (χ4n) is 2.67. The maximum absolute atomic E-state index is 12.6. The molecule has 0 N–H and O–H groups in total. The highest BCUT2D eigenvalue weighted by molar-refractivity contribution is 5.97. The molecule has 1 aliphatic heterocycles. The number of aldehydes is 1. The van der Waals surface area contributed by atoms with Crippen molar-refractivity contribution in [2.24, 2.45) is 5.10 Å². The lowest BCUT2D eigenvalue weighted by molar-refractivity contribution is -0.104. The highest BCUT2D eigenvalue weighted by Crippen LogP contribution is 2.31. The van der Waals surface area contributed by atoms with Crippen molar-refractivity contribution in [3.8, 4) is 0 Å². The number of hydrogen-bond acceptors (Lipinski definition) is 4. The van der Waals surface area contributed by atoms with Gasteiger partial charge in [-0.1, -0.05) is 54.6 Å². The van der Waals surface area contributed by atoms with Gasteiger partial charge in [-0.05, 0) is 17.2 Å². The SMILES string of the molecule is O=CC=CN1N=Cc2ccccc2C1CC(=O)c1ccccc1. The third-order valence-electron chi connectivity index (χ3n) is 3.80. The standard InChI is InChI=1S/C19H16N2O2/c22-12-6-11-21-18(13-19(23)15-7-2-1-3-8-15)17-10-5-4-9-16(17)14-20-21/h1-12,14,18H,13H2. The van der Waals surface area contributed by atoms with E-state index in [2.05, 4.69) is 5.10 Å². The molecule has 23 heavy (non-hydrogen) atoms. The average molecular weight is 304 g/mol. The highest BCUT2D eigenvalue weighted by atomic mass is 16.1. The Morgan fingerprint density at radius 1 is 1.09 bits per heavy atom. The summed E-state index contributed by atoms with van der Waals surface area (Å²) in [5, 5.41) is 6.01. The summed E-state index contributed by atoms with van der Waals surface area (Å²) in [5.41, 5.74) is 2.70. The van der Waals surface area contributed by atoms with Crippen LogP contribution in [0.2, 0.25) is 0 Å². The van der Waals surface area contributed by atoms with Crippen LogP contribution in [0.5, 0.6) is 0 Å². The molecule has 2 aromatic carbocycles. The lowest BCUT2D eigenvalue weighted by atomic mass is 9.93. The van der Waals surface area contributed by atoms with Crippen molar-refractivity contribution in [1.82, 2.24) is 5.01 Å². The molecule has 1 unspecified atom stereocenters. The molecule has 2 aromatic rings. The molecule has 0 fully saturated rings. The zero-order valence-corrected chi connectivity index (χ0v) is 12.5. The molecular formula is C19H16N2O2. The number of hydrazone groups is 1. The first-order chi connectivity index (χ1) is 11.3. The molecular weight excluding hydrogens is 288 g/mol. The summed E-state index contributed by atoms with van der Waals surface area (Å²) in [7, 11) is 0. The third kappa shape index (κ3) is 3.26. The molecule has 1 atom stereocenters. The monoisotopic (exact) mass is 304 g/mol. The molecule has 0 aliphatic carbocycles. The van der Waals surface area contributed by atoms with Gasteiger partial charge in [0.15, 0.2) is 5.78 Å². The average Bonchev–Trinajstić information content (AvgIpc) is 2.61. The fourth-order valence-corrected chi connectivity index (χ4v) is 2.67.